The number of halogens is 1. The van der Waals surface area contributed by atoms with Gasteiger partial charge in [-0.2, -0.15) is 0 Å². The van der Waals surface area contributed by atoms with Gasteiger partial charge in [-0.05, 0) is 36.8 Å². The Morgan fingerprint density at radius 1 is 1.14 bits per heavy atom. The number of anilines is 1. The summed E-state index contributed by atoms with van der Waals surface area (Å²) in [6, 6.07) is 15.9. The van der Waals surface area contributed by atoms with Gasteiger partial charge in [0.25, 0.3) is 5.91 Å². The van der Waals surface area contributed by atoms with Crippen molar-refractivity contribution in [1.29, 1.82) is 0 Å². The largest absolute Gasteiger partial charge is 0.312 e. The van der Waals surface area contributed by atoms with E-state index in [0.717, 1.165) is 16.1 Å². The number of hydrogen-bond acceptors (Lipinski definition) is 4. The van der Waals surface area contributed by atoms with E-state index in [2.05, 4.69) is 15.3 Å². The van der Waals surface area contributed by atoms with Gasteiger partial charge < -0.3 is 9.88 Å². The van der Waals surface area contributed by atoms with Crippen LogP contribution in [0.2, 0.25) is 0 Å². The second kappa shape index (κ2) is 7.74. The summed E-state index contributed by atoms with van der Waals surface area (Å²) in [5.74, 6) is -0.0790. The minimum atomic E-state index is -0.323. The van der Waals surface area contributed by atoms with Crippen molar-refractivity contribution >= 4 is 23.1 Å². The summed E-state index contributed by atoms with van der Waals surface area (Å²) < 4.78 is 15.2. The maximum Gasteiger partial charge on any atom is 0.276 e. The van der Waals surface area contributed by atoms with Gasteiger partial charge in [0.05, 0.1) is 17.9 Å². The molecule has 140 valence electrons. The monoisotopic (exact) mass is 392 g/mol. The molecular formula is C21H17FN4OS. The van der Waals surface area contributed by atoms with Crippen LogP contribution >= 0.6 is 11.3 Å². The van der Waals surface area contributed by atoms with Crippen molar-refractivity contribution in [2.45, 2.75) is 13.5 Å². The maximum atomic E-state index is 13.3. The molecule has 0 saturated carbocycles. The number of imidazole rings is 1. The Bertz CT molecular complexity index is 1100. The smallest absolute Gasteiger partial charge is 0.276 e. The molecule has 5 nitrogen and oxygen atoms in total. The number of nitrogens with zero attached hydrogens (tertiary/aromatic N) is 3. The summed E-state index contributed by atoms with van der Waals surface area (Å²) in [6.07, 6.45) is 1.67. The van der Waals surface area contributed by atoms with E-state index < -0.39 is 0 Å². The molecule has 4 aromatic rings. The standard InChI is InChI=1S/C21H17FN4OS/c1-14-24-18(12-28-14)21(27)25-20-19(16-7-9-17(22)10-8-16)23-13-26(20)11-15-5-3-2-4-6-15/h2-10,12-13H,11H2,1H3,(H,25,27). The van der Waals surface area contributed by atoms with Gasteiger partial charge in [-0.1, -0.05) is 30.3 Å². The molecule has 2 aromatic carbocycles. The average molecular weight is 392 g/mol. The van der Waals surface area contributed by atoms with Crippen molar-refractivity contribution in [1.82, 2.24) is 14.5 Å². The number of nitrogens with one attached hydrogen (secondary N) is 1. The summed E-state index contributed by atoms with van der Waals surface area (Å²) in [7, 11) is 0. The molecule has 0 aliphatic rings. The van der Waals surface area contributed by atoms with Gasteiger partial charge in [0.2, 0.25) is 0 Å². The van der Waals surface area contributed by atoms with Crippen LogP contribution in [0.4, 0.5) is 10.2 Å². The molecule has 0 saturated heterocycles. The number of aromatic nitrogens is 3. The normalized spacial score (nSPS) is 10.8. The van der Waals surface area contributed by atoms with Crippen LogP contribution in [0.15, 0.2) is 66.3 Å². The highest BCUT2D eigenvalue weighted by Gasteiger charge is 2.18. The van der Waals surface area contributed by atoms with Crippen LogP contribution in [-0.4, -0.2) is 20.4 Å². The molecule has 4 rings (SSSR count). The molecule has 0 atom stereocenters. The van der Waals surface area contributed by atoms with E-state index in [1.54, 1.807) is 23.8 Å². The highest BCUT2D eigenvalue weighted by molar-refractivity contribution is 7.09. The molecule has 0 aliphatic carbocycles. The number of thiazole rings is 1. The second-order valence-corrected chi connectivity index (χ2v) is 7.33. The Morgan fingerprint density at radius 2 is 1.89 bits per heavy atom. The fraction of sp³-hybridized carbons (Fsp3) is 0.0952. The molecule has 0 bridgehead atoms. The summed E-state index contributed by atoms with van der Waals surface area (Å²) in [4.78, 5) is 21.4. The Labute approximate surface area is 165 Å². The van der Waals surface area contributed by atoms with Gasteiger partial charge >= 0.3 is 0 Å². The molecule has 2 heterocycles. The van der Waals surface area contributed by atoms with Crippen molar-refractivity contribution in [2.24, 2.45) is 0 Å². The number of aryl methyl sites for hydroxylation is 1. The lowest BCUT2D eigenvalue weighted by Gasteiger charge is -2.11. The molecule has 0 radical (unpaired) electrons. The molecule has 2 aromatic heterocycles. The highest BCUT2D eigenvalue weighted by Crippen LogP contribution is 2.28. The highest BCUT2D eigenvalue weighted by atomic mass is 32.1. The third-order valence-electron chi connectivity index (χ3n) is 4.23. The lowest BCUT2D eigenvalue weighted by Crippen LogP contribution is -2.16. The van der Waals surface area contributed by atoms with Gasteiger partial charge in [-0.3, -0.25) is 4.79 Å². The van der Waals surface area contributed by atoms with Crippen LogP contribution in [0.25, 0.3) is 11.3 Å². The lowest BCUT2D eigenvalue weighted by molar-refractivity contribution is 0.102. The number of carbonyl (C=O) groups is 1. The van der Waals surface area contributed by atoms with Crippen LogP contribution in [0.3, 0.4) is 0 Å². The SMILES string of the molecule is Cc1nc(C(=O)Nc2c(-c3ccc(F)cc3)ncn2Cc2ccccc2)cs1. The zero-order valence-corrected chi connectivity index (χ0v) is 15.9. The van der Waals surface area contributed by atoms with Crippen molar-refractivity contribution in [3.05, 3.63) is 88.4 Å². The molecule has 0 fully saturated rings. The quantitative estimate of drug-likeness (QED) is 0.533. The summed E-state index contributed by atoms with van der Waals surface area (Å²) >= 11 is 1.42. The van der Waals surface area contributed by atoms with Crippen molar-refractivity contribution < 1.29 is 9.18 Å². The number of amides is 1. The van der Waals surface area contributed by atoms with E-state index >= 15 is 0 Å². The van der Waals surface area contributed by atoms with Crippen LogP contribution < -0.4 is 5.32 Å². The predicted molar refractivity (Wildman–Crippen MR) is 108 cm³/mol. The molecule has 0 spiro atoms. The Hall–Kier alpha value is -3.32. The number of hydrogen-bond donors (Lipinski definition) is 1. The fourth-order valence-electron chi connectivity index (χ4n) is 2.87. The average Bonchev–Trinajstić information content (AvgIpc) is 3.30. The Balaban J connectivity index is 1.72. The van der Waals surface area contributed by atoms with Gasteiger partial charge in [-0.15, -0.1) is 11.3 Å². The number of benzene rings is 2. The first-order chi connectivity index (χ1) is 13.6. The molecule has 1 N–H and O–H groups in total. The van der Waals surface area contributed by atoms with E-state index in [1.165, 1.54) is 23.5 Å². The number of carbonyl (C=O) groups excluding carboxylic acids is 1. The Morgan fingerprint density at radius 3 is 2.57 bits per heavy atom. The zero-order valence-electron chi connectivity index (χ0n) is 15.1. The summed E-state index contributed by atoms with van der Waals surface area (Å²) in [5.41, 5.74) is 2.74. The van der Waals surface area contributed by atoms with Crippen molar-refractivity contribution in [3.8, 4) is 11.3 Å². The first kappa shape index (κ1) is 18.1. The fourth-order valence-corrected chi connectivity index (χ4v) is 3.46. The minimum absolute atomic E-state index is 0.303. The molecule has 0 aliphatic heterocycles. The minimum Gasteiger partial charge on any atom is -0.312 e. The predicted octanol–water partition coefficient (Wildman–Crippen LogP) is 4.75. The third-order valence-corrected chi connectivity index (χ3v) is 5.01. The van der Waals surface area contributed by atoms with Crippen LogP contribution in [0.5, 0.6) is 0 Å². The third kappa shape index (κ3) is 3.84. The van der Waals surface area contributed by atoms with E-state index in [-0.39, 0.29) is 11.7 Å². The maximum absolute atomic E-state index is 13.3. The van der Waals surface area contributed by atoms with Gasteiger partial charge in [0.1, 0.15) is 23.0 Å². The van der Waals surface area contributed by atoms with Crippen LogP contribution in [-0.2, 0) is 6.54 Å². The second-order valence-electron chi connectivity index (χ2n) is 6.27. The van der Waals surface area contributed by atoms with E-state index in [9.17, 15) is 9.18 Å². The lowest BCUT2D eigenvalue weighted by atomic mass is 10.1. The van der Waals surface area contributed by atoms with Crippen molar-refractivity contribution in [2.75, 3.05) is 5.32 Å². The van der Waals surface area contributed by atoms with E-state index in [0.29, 0.717) is 23.8 Å². The van der Waals surface area contributed by atoms with Gasteiger partial charge in [0, 0.05) is 10.9 Å². The first-order valence-electron chi connectivity index (χ1n) is 8.68. The molecular weight excluding hydrogens is 375 g/mol. The van der Waals surface area contributed by atoms with Crippen LogP contribution in [0, 0.1) is 12.7 Å². The zero-order chi connectivity index (χ0) is 19.5. The Kier molecular flexibility index (Phi) is 4.99. The first-order valence-corrected chi connectivity index (χ1v) is 9.56. The number of rotatable bonds is 5. The molecule has 1 amide bonds. The summed E-state index contributed by atoms with van der Waals surface area (Å²) in [5, 5.41) is 5.48. The van der Waals surface area contributed by atoms with E-state index in [4.69, 9.17) is 0 Å². The van der Waals surface area contributed by atoms with Crippen molar-refractivity contribution in [3.63, 3.8) is 0 Å². The van der Waals surface area contributed by atoms with Gasteiger partial charge in [-0.25, -0.2) is 14.4 Å². The molecule has 0 unspecified atom stereocenters. The topological polar surface area (TPSA) is 59.8 Å². The van der Waals surface area contributed by atoms with E-state index in [1.807, 2.05) is 41.8 Å². The summed E-state index contributed by atoms with van der Waals surface area (Å²) in [6.45, 7) is 2.39. The molecule has 28 heavy (non-hydrogen) atoms. The van der Waals surface area contributed by atoms with Gasteiger partial charge in [0.15, 0.2) is 0 Å². The van der Waals surface area contributed by atoms with Crippen LogP contribution in [0.1, 0.15) is 21.1 Å². The molecule has 7 heteroatoms.